The minimum absolute atomic E-state index is 0.199. The summed E-state index contributed by atoms with van der Waals surface area (Å²) >= 11 is 17.8. The Kier molecular flexibility index (Phi) is 7.83. The third-order valence-corrected chi connectivity index (χ3v) is 4.84. The molecule has 0 aliphatic heterocycles. The molecule has 2 amide bonds. The van der Waals surface area contributed by atoms with Crippen LogP contribution in [-0.4, -0.2) is 24.0 Å². The molecular weight excluding hydrogens is 477 g/mol. The summed E-state index contributed by atoms with van der Waals surface area (Å²) in [6.45, 7) is 0. The maximum absolute atomic E-state index is 12.2. The van der Waals surface area contributed by atoms with Crippen LogP contribution in [0.3, 0.4) is 0 Å². The van der Waals surface area contributed by atoms with E-state index in [1.807, 2.05) is 0 Å². The van der Waals surface area contributed by atoms with Crippen molar-refractivity contribution >= 4 is 64.5 Å². The molecule has 3 aromatic carbocycles. The van der Waals surface area contributed by atoms with Crippen LogP contribution >= 0.6 is 34.8 Å². The minimum Gasteiger partial charge on any atom is -0.423 e. The van der Waals surface area contributed by atoms with Crippen LogP contribution in [0.15, 0.2) is 71.8 Å². The van der Waals surface area contributed by atoms with Gasteiger partial charge in [-0.3, -0.25) is 9.59 Å². The minimum atomic E-state index is -0.998. The summed E-state index contributed by atoms with van der Waals surface area (Å²) in [5.41, 5.74) is 3.14. The molecule has 0 saturated carbocycles. The van der Waals surface area contributed by atoms with Crippen LogP contribution < -0.4 is 15.5 Å². The first-order chi connectivity index (χ1) is 15.3. The van der Waals surface area contributed by atoms with E-state index in [-0.39, 0.29) is 16.3 Å². The standard InChI is InChI=1S/C22H14Cl3N3O4/c23-14-7-10-18(25)19(11-14)27-20(29)21(30)28-26-12-13-5-8-15(9-6-13)32-22(31)16-3-1-2-4-17(16)24/h1-12H,(H,27,29)(H,28,30)/b26-12-. The Balaban J connectivity index is 1.53. The average molecular weight is 491 g/mol. The van der Waals surface area contributed by atoms with Crippen molar-refractivity contribution in [1.29, 1.82) is 0 Å². The van der Waals surface area contributed by atoms with E-state index >= 15 is 0 Å². The first kappa shape index (κ1) is 23.3. The largest absolute Gasteiger partial charge is 0.423 e. The van der Waals surface area contributed by atoms with E-state index in [0.29, 0.717) is 21.4 Å². The molecule has 0 unspecified atom stereocenters. The highest BCUT2D eigenvalue weighted by atomic mass is 35.5. The first-order valence-electron chi connectivity index (χ1n) is 8.99. The van der Waals surface area contributed by atoms with Crippen molar-refractivity contribution in [2.75, 3.05) is 5.32 Å². The van der Waals surface area contributed by atoms with Crippen molar-refractivity contribution in [3.63, 3.8) is 0 Å². The topological polar surface area (TPSA) is 96.9 Å². The molecule has 0 bridgehead atoms. The van der Waals surface area contributed by atoms with Crippen LogP contribution in [0.4, 0.5) is 5.69 Å². The van der Waals surface area contributed by atoms with Gasteiger partial charge in [-0.15, -0.1) is 0 Å². The molecule has 32 heavy (non-hydrogen) atoms. The summed E-state index contributed by atoms with van der Waals surface area (Å²) in [6.07, 6.45) is 1.32. The van der Waals surface area contributed by atoms with Gasteiger partial charge in [-0.25, -0.2) is 10.2 Å². The van der Waals surface area contributed by atoms with Gasteiger partial charge in [0.05, 0.1) is 27.5 Å². The molecule has 0 spiro atoms. The predicted molar refractivity (Wildman–Crippen MR) is 124 cm³/mol. The van der Waals surface area contributed by atoms with Gasteiger partial charge in [0.25, 0.3) is 0 Å². The molecule has 0 radical (unpaired) electrons. The maximum Gasteiger partial charge on any atom is 0.345 e. The van der Waals surface area contributed by atoms with Gasteiger partial charge < -0.3 is 10.1 Å². The lowest BCUT2D eigenvalue weighted by Gasteiger charge is -2.06. The molecule has 2 N–H and O–H groups in total. The second kappa shape index (κ2) is 10.8. The van der Waals surface area contributed by atoms with Gasteiger partial charge in [0.2, 0.25) is 0 Å². The Morgan fingerprint density at radius 3 is 2.28 bits per heavy atom. The molecule has 162 valence electrons. The van der Waals surface area contributed by atoms with Crippen LogP contribution in [0.5, 0.6) is 5.75 Å². The van der Waals surface area contributed by atoms with Crippen molar-refractivity contribution in [2.24, 2.45) is 5.10 Å². The van der Waals surface area contributed by atoms with Crippen LogP contribution in [-0.2, 0) is 9.59 Å². The third kappa shape index (κ3) is 6.31. The van der Waals surface area contributed by atoms with Gasteiger partial charge in [-0.2, -0.15) is 5.10 Å². The van der Waals surface area contributed by atoms with Crippen molar-refractivity contribution in [3.8, 4) is 5.75 Å². The molecule has 0 saturated heterocycles. The zero-order valence-electron chi connectivity index (χ0n) is 16.1. The number of hydrogen-bond donors (Lipinski definition) is 2. The maximum atomic E-state index is 12.2. The van der Waals surface area contributed by atoms with E-state index in [0.717, 1.165) is 0 Å². The van der Waals surface area contributed by atoms with Gasteiger partial charge in [0.15, 0.2) is 0 Å². The van der Waals surface area contributed by atoms with E-state index in [9.17, 15) is 14.4 Å². The van der Waals surface area contributed by atoms with E-state index in [1.165, 1.54) is 18.3 Å². The zero-order chi connectivity index (χ0) is 23.1. The van der Waals surface area contributed by atoms with Gasteiger partial charge in [-0.1, -0.05) is 46.9 Å². The number of amides is 2. The van der Waals surface area contributed by atoms with Crippen LogP contribution in [0, 0.1) is 0 Å². The molecule has 0 heterocycles. The molecule has 10 heteroatoms. The van der Waals surface area contributed by atoms with Crippen molar-refractivity contribution in [3.05, 3.63) is 92.9 Å². The van der Waals surface area contributed by atoms with Gasteiger partial charge in [0, 0.05) is 5.02 Å². The molecule has 0 aliphatic rings. The Labute approximate surface area is 197 Å². The molecular formula is C22H14Cl3N3O4. The number of benzene rings is 3. The van der Waals surface area contributed by atoms with Crippen molar-refractivity contribution in [2.45, 2.75) is 0 Å². The van der Waals surface area contributed by atoms with Crippen LogP contribution in [0.25, 0.3) is 0 Å². The Hall–Kier alpha value is -3.39. The molecule has 7 nitrogen and oxygen atoms in total. The summed E-state index contributed by atoms with van der Waals surface area (Å²) in [7, 11) is 0. The number of hydrazone groups is 1. The second-order valence-corrected chi connectivity index (χ2v) is 7.47. The highest BCUT2D eigenvalue weighted by Crippen LogP contribution is 2.25. The summed E-state index contributed by atoms with van der Waals surface area (Å²) in [4.78, 5) is 36.0. The van der Waals surface area contributed by atoms with Gasteiger partial charge in [-0.05, 0) is 60.2 Å². The summed E-state index contributed by atoms with van der Waals surface area (Å²) in [5, 5.41) is 6.94. The number of carbonyl (C=O) groups is 3. The monoisotopic (exact) mass is 489 g/mol. The summed E-state index contributed by atoms with van der Waals surface area (Å²) in [6, 6.07) is 17.3. The van der Waals surface area contributed by atoms with E-state index in [4.69, 9.17) is 39.5 Å². The Bertz CT molecular complexity index is 1200. The number of nitrogens with one attached hydrogen (secondary N) is 2. The average Bonchev–Trinajstić information content (AvgIpc) is 2.77. The lowest BCUT2D eigenvalue weighted by Crippen LogP contribution is -2.32. The SMILES string of the molecule is O=C(N/N=C\c1ccc(OC(=O)c2ccccc2Cl)cc1)C(=O)Nc1cc(Cl)ccc1Cl. The number of ether oxygens (including phenoxy) is 1. The lowest BCUT2D eigenvalue weighted by molar-refractivity contribution is -0.136. The number of rotatable bonds is 5. The van der Waals surface area contributed by atoms with Crippen LogP contribution in [0.2, 0.25) is 15.1 Å². The van der Waals surface area contributed by atoms with E-state index < -0.39 is 17.8 Å². The highest BCUT2D eigenvalue weighted by Gasteiger charge is 2.15. The number of anilines is 1. The quantitative estimate of drug-likeness (QED) is 0.174. The molecule has 3 rings (SSSR count). The number of esters is 1. The fourth-order valence-corrected chi connectivity index (χ4v) is 2.95. The highest BCUT2D eigenvalue weighted by molar-refractivity contribution is 6.42. The predicted octanol–water partition coefficient (Wildman–Crippen LogP) is 4.95. The Morgan fingerprint density at radius 1 is 0.844 bits per heavy atom. The smallest absolute Gasteiger partial charge is 0.345 e. The number of carbonyl (C=O) groups excluding carboxylic acids is 3. The molecule has 0 aliphatic carbocycles. The fraction of sp³-hybridized carbons (Fsp3) is 0. The normalized spacial score (nSPS) is 10.6. The molecule has 0 atom stereocenters. The summed E-state index contributed by atoms with van der Waals surface area (Å²) < 4.78 is 5.27. The zero-order valence-corrected chi connectivity index (χ0v) is 18.4. The molecule has 3 aromatic rings. The number of halogens is 3. The fourth-order valence-electron chi connectivity index (χ4n) is 2.40. The lowest BCUT2D eigenvalue weighted by atomic mass is 10.2. The van der Waals surface area contributed by atoms with Crippen molar-refractivity contribution in [1.82, 2.24) is 5.43 Å². The van der Waals surface area contributed by atoms with E-state index in [2.05, 4.69) is 15.8 Å². The third-order valence-electron chi connectivity index (χ3n) is 3.95. The number of nitrogens with zero attached hydrogens (tertiary/aromatic N) is 1. The van der Waals surface area contributed by atoms with Crippen LogP contribution in [0.1, 0.15) is 15.9 Å². The second-order valence-electron chi connectivity index (χ2n) is 6.22. The molecule has 0 fully saturated rings. The van der Waals surface area contributed by atoms with Gasteiger partial charge in [0.1, 0.15) is 5.75 Å². The number of hydrogen-bond acceptors (Lipinski definition) is 5. The molecule has 0 aromatic heterocycles. The Morgan fingerprint density at radius 2 is 1.56 bits per heavy atom. The van der Waals surface area contributed by atoms with Gasteiger partial charge >= 0.3 is 17.8 Å². The first-order valence-corrected chi connectivity index (χ1v) is 10.1. The summed E-state index contributed by atoms with van der Waals surface area (Å²) in [5.74, 6) is -2.25. The van der Waals surface area contributed by atoms with E-state index in [1.54, 1.807) is 54.6 Å². The van der Waals surface area contributed by atoms with Crippen molar-refractivity contribution < 1.29 is 19.1 Å².